The SMILES string of the molecule is CCN(CC)CCOc1ccc(/C=C/C(=O)c2ccc3c(c2OCCN(CC)CC)C=CC(C)(C)O3)cc1. The van der Waals surface area contributed by atoms with Crippen LogP contribution in [0.1, 0.15) is 63.0 Å². The number of likely N-dealkylation sites (N-methyl/N-ethyl adjacent to an activating group) is 2. The summed E-state index contributed by atoms with van der Waals surface area (Å²) in [4.78, 5) is 17.9. The van der Waals surface area contributed by atoms with Crippen LogP contribution in [-0.2, 0) is 0 Å². The van der Waals surface area contributed by atoms with E-state index in [-0.39, 0.29) is 5.78 Å². The Labute approximate surface area is 228 Å². The predicted molar refractivity (Wildman–Crippen MR) is 157 cm³/mol. The van der Waals surface area contributed by atoms with E-state index in [0.717, 1.165) is 61.9 Å². The van der Waals surface area contributed by atoms with Crippen molar-refractivity contribution in [2.45, 2.75) is 47.1 Å². The molecule has 0 atom stereocenters. The Morgan fingerprint density at radius 1 is 0.868 bits per heavy atom. The van der Waals surface area contributed by atoms with Gasteiger partial charge in [0.1, 0.15) is 36.1 Å². The van der Waals surface area contributed by atoms with Crippen molar-refractivity contribution in [1.29, 1.82) is 0 Å². The van der Waals surface area contributed by atoms with Crippen LogP contribution < -0.4 is 14.2 Å². The number of fused-ring (bicyclic) bond motifs is 1. The molecule has 0 aromatic heterocycles. The molecule has 6 nitrogen and oxygen atoms in total. The van der Waals surface area contributed by atoms with Crippen LogP contribution in [0.15, 0.2) is 48.6 Å². The summed E-state index contributed by atoms with van der Waals surface area (Å²) >= 11 is 0. The molecule has 0 saturated heterocycles. The van der Waals surface area contributed by atoms with Gasteiger partial charge in [-0.2, -0.15) is 0 Å². The third-order valence-corrected chi connectivity index (χ3v) is 6.87. The van der Waals surface area contributed by atoms with Gasteiger partial charge in [-0.1, -0.05) is 45.9 Å². The number of ether oxygens (including phenoxy) is 3. The number of benzene rings is 2. The first-order valence-corrected chi connectivity index (χ1v) is 13.9. The molecule has 1 aliphatic heterocycles. The number of hydrogen-bond donors (Lipinski definition) is 0. The van der Waals surface area contributed by atoms with Crippen LogP contribution in [0.3, 0.4) is 0 Å². The molecule has 38 heavy (non-hydrogen) atoms. The first-order valence-electron chi connectivity index (χ1n) is 13.9. The fourth-order valence-electron chi connectivity index (χ4n) is 4.37. The van der Waals surface area contributed by atoms with Crippen molar-refractivity contribution in [3.63, 3.8) is 0 Å². The molecule has 0 N–H and O–H groups in total. The second-order valence-electron chi connectivity index (χ2n) is 9.91. The quantitative estimate of drug-likeness (QED) is 0.206. The van der Waals surface area contributed by atoms with Crippen LogP contribution in [0.4, 0.5) is 0 Å². The maximum atomic E-state index is 13.3. The average molecular weight is 521 g/mol. The van der Waals surface area contributed by atoms with Gasteiger partial charge >= 0.3 is 0 Å². The van der Waals surface area contributed by atoms with Crippen molar-refractivity contribution >= 4 is 17.9 Å². The molecule has 1 aliphatic rings. The zero-order valence-corrected chi connectivity index (χ0v) is 24.0. The Morgan fingerprint density at radius 3 is 2.08 bits per heavy atom. The number of ketones is 1. The Kier molecular flexibility index (Phi) is 11.0. The summed E-state index contributed by atoms with van der Waals surface area (Å²) in [5, 5.41) is 0. The number of carbonyl (C=O) groups excluding carboxylic acids is 1. The molecule has 3 rings (SSSR count). The molecule has 0 fully saturated rings. The standard InChI is InChI=1S/C32H44N2O4/c1-7-33(8-2)21-23-36-26-14-11-25(12-15-26)13-17-29(35)27-16-18-30-28(19-20-32(5,6)38-30)31(27)37-24-22-34(9-3)10-4/h11-20H,7-10,21-24H2,1-6H3/b17-13+. The number of hydrogen-bond acceptors (Lipinski definition) is 6. The summed E-state index contributed by atoms with van der Waals surface area (Å²) in [5.41, 5.74) is 1.87. The van der Waals surface area contributed by atoms with E-state index in [0.29, 0.717) is 24.5 Å². The zero-order chi connectivity index (χ0) is 27.5. The van der Waals surface area contributed by atoms with Gasteiger partial charge in [0.05, 0.1) is 11.1 Å². The van der Waals surface area contributed by atoms with Gasteiger partial charge in [-0.05, 0) is 88.1 Å². The Balaban J connectivity index is 1.73. The van der Waals surface area contributed by atoms with E-state index < -0.39 is 5.60 Å². The molecule has 0 aliphatic carbocycles. The van der Waals surface area contributed by atoms with Gasteiger partial charge in [0.2, 0.25) is 0 Å². The minimum absolute atomic E-state index is 0.108. The lowest BCUT2D eigenvalue weighted by Crippen LogP contribution is -2.29. The lowest BCUT2D eigenvalue weighted by atomic mass is 9.97. The van der Waals surface area contributed by atoms with Crippen molar-refractivity contribution < 1.29 is 19.0 Å². The predicted octanol–water partition coefficient (Wildman–Crippen LogP) is 6.21. The van der Waals surface area contributed by atoms with Gasteiger partial charge in [-0.15, -0.1) is 0 Å². The lowest BCUT2D eigenvalue weighted by molar-refractivity contribution is 0.104. The first-order chi connectivity index (χ1) is 18.3. The molecular formula is C32H44N2O4. The number of nitrogens with zero attached hydrogens (tertiary/aromatic N) is 2. The smallest absolute Gasteiger partial charge is 0.189 e. The topological polar surface area (TPSA) is 51.2 Å². The van der Waals surface area contributed by atoms with E-state index >= 15 is 0 Å². The molecule has 0 bridgehead atoms. The summed E-state index contributed by atoms with van der Waals surface area (Å²) in [6, 6.07) is 11.5. The van der Waals surface area contributed by atoms with Crippen molar-refractivity contribution in [3.8, 4) is 17.2 Å². The maximum Gasteiger partial charge on any atom is 0.189 e. The van der Waals surface area contributed by atoms with Crippen molar-refractivity contribution in [3.05, 3.63) is 65.2 Å². The summed E-state index contributed by atoms with van der Waals surface area (Å²) in [7, 11) is 0. The fourth-order valence-corrected chi connectivity index (χ4v) is 4.37. The highest BCUT2D eigenvalue weighted by atomic mass is 16.5. The third-order valence-electron chi connectivity index (χ3n) is 6.87. The van der Waals surface area contributed by atoms with Gasteiger partial charge < -0.3 is 24.0 Å². The second kappa shape index (κ2) is 14.2. The molecule has 0 saturated carbocycles. The van der Waals surface area contributed by atoms with Crippen LogP contribution in [0, 0.1) is 0 Å². The summed E-state index contributed by atoms with van der Waals surface area (Å²) < 4.78 is 18.3. The highest BCUT2D eigenvalue weighted by Gasteiger charge is 2.26. The van der Waals surface area contributed by atoms with Gasteiger partial charge in [0.15, 0.2) is 5.78 Å². The molecule has 206 valence electrons. The Morgan fingerprint density at radius 2 is 1.47 bits per heavy atom. The summed E-state index contributed by atoms with van der Waals surface area (Å²) in [5.74, 6) is 2.03. The largest absolute Gasteiger partial charge is 0.492 e. The van der Waals surface area contributed by atoms with E-state index in [1.165, 1.54) is 0 Å². The van der Waals surface area contributed by atoms with Crippen LogP contribution in [-0.4, -0.2) is 73.7 Å². The van der Waals surface area contributed by atoms with Gasteiger partial charge in [0.25, 0.3) is 0 Å². The van der Waals surface area contributed by atoms with Crippen molar-refractivity contribution in [1.82, 2.24) is 9.80 Å². The highest BCUT2D eigenvalue weighted by Crippen LogP contribution is 2.39. The van der Waals surface area contributed by atoms with Crippen molar-refractivity contribution in [2.75, 3.05) is 52.5 Å². The molecule has 0 amide bonds. The van der Waals surface area contributed by atoms with Gasteiger partial charge in [0, 0.05) is 13.1 Å². The molecule has 2 aromatic rings. The maximum absolute atomic E-state index is 13.3. The molecule has 0 unspecified atom stereocenters. The molecule has 2 aromatic carbocycles. The monoisotopic (exact) mass is 520 g/mol. The molecule has 0 radical (unpaired) electrons. The van der Waals surface area contributed by atoms with Gasteiger partial charge in [-0.3, -0.25) is 4.79 Å². The normalized spacial score (nSPS) is 14.1. The van der Waals surface area contributed by atoms with Crippen LogP contribution in [0.5, 0.6) is 17.2 Å². The number of rotatable bonds is 15. The van der Waals surface area contributed by atoms with E-state index in [1.54, 1.807) is 12.1 Å². The molecular weight excluding hydrogens is 476 g/mol. The van der Waals surface area contributed by atoms with Crippen LogP contribution in [0.2, 0.25) is 0 Å². The average Bonchev–Trinajstić information content (AvgIpc) is 2.92. The van der Waals surface area contributed by atoms with E-state index in [1.807, 2.05) is 62.4 Å². The number of carbonyl (C=O) groups is 1. The Bertz CT molecular complexity index is 1100. The third kappa shape index (κ3) is 8.20. The van der Waals surface area contributed by atoms with Crippen LogP contribution in [0.25, 0.3) is 12.2 Å². The Hall–Kier alpha value is -3.09. The van der Waals surface area contributed by atoms with E-state index in [2.05, 4.69) is 37.5 Å². The zero-order valence-electron chi connectivity index (χ0n) is 24.0. The molecule has 6 heteroatoms. The highest BCUT2D eigenvalue weighted by molar-refractivity contribution is 6.09. The van der Waals surface area contributed by atoms with Gasteiger partial charge in [-0.25, -0.2) is 0 Å². The first kappa shape index (κ1) is 29.5. The minimum Gasteiger partial charge on any atom is -0.492 e. The van der Waals surface area contributed by atoms with Crippen molar-refractivity contribution in [2.24, 2.45) is 0 Å². The second-order valence-corrected chi connectivity index (χ2v) is 9.91. The number of allylic oxidation sites excluding steroid dienone is 1. The minimum atomic E-state index is -0.405. The summed E-state index contributed by atoms with van der Waals surface area (Å²) in [6.45, 7) is 19.4. The van der Waals surface area contributed by atoms with E-state index in [9.17, 15) is 4.79 Å². The molecule has 1 heterocycles. The van der Waals surface area contributed by atoms with E-state index in [4.69, 9.17) is 14.2 Å². The molecule has 0 spiro atoms. The summed E-state index contributed by atoms with van der Waals surface area (Å²) in [6.07, 6.45) is 7.44. The fraction of sp³-hybridized carbons (Fsp3) is 0.469. The van der Waals surface area contributed by atoms with Crippen LogP contribution >= 0.6 is 0 Å². The lowest BCUT2D eigenvalue weighted by Gasteiger charge is -2.29.